The van der Waals surface area contributed by atoms with Gasteiger partial charge in [0.15, 0.2) is 0 Å². The van der Waals surface area contributed by atoms with Crippen LogP contribution in [0.3, 0.4) is 0 Å². The van der Waals surface area contributed by atoms with Crippen LogP contribution in [0.2, 0.25) is 0 Å². The monoisotopic (exact) mass is 197 g/mol. The molecule has 1 saturated heterocycles. The van der Waals surface area contributed by atoms with Crippen molar-refractivity contribution in [1.82, 2.24) is 4.90 Å². The maximum absolute atomic E-state index is 11.3. The van der Waals surface area contributed by atoms with Crippen LogP contribution in [0.5, 0.6) is 0 Å². The second-order valence-electron chi connectivity index (χ2n) is 4.86. The molecule has 4 nitrogen and oxygen atoms in total. The standard InChI is InChI=1S/C10H15NO3/c1-7(12)11-6-10(8(13)14)4-3-9(11,2)5-10/h3-6H2,1-2H3,(H,13,14). The Morgan fingerprint density at radius 3 is 2.36 bits per heavy atom. The number of fused-ring (bicyclic) bond motifs is 2. The van der Waals surface area contributed by atoms with Gasteiger partial charge in [0, 0.05) is 19.0 Å². The van der Waals surface area contributed by atoms with Gasteiger partial charge in [-0.05, 0) is 26.2 Å². The summed E-state index contributed by atoms with van der Waals surface area (Å²) in [5.41, 5.74) is -0.857. The zero-order chi connectivity index (χ0) is 10.6. The fourth-order valence-corrected chi connectivity index (χ4v) is 3.01. The molecule has 1 N–H and O–H groups in total. The summed E-state index contributed by atoms with van der Waals surface area (Å²) in [5, 5.41) is 9.17. The van der Waals surface area contributed by atoms with Crippen molar-refractivity contribution in [2.75, 3.05) is 6.54 Å². The number of aliphatic carboxylic acids is 1. The average Bonchev–Trinajstić information content (AvgIpc) is 2.55. The van der Waals surface area contributed by atoms with Crippen LogP contribution in [0, 0.1) is 5.41 Å². The minimum atomic E-state index is -0.745. The van der Waals surface area contributed by atoms with Crippen LogP contribution < -0.4 is 0 Å². The van der Waals surface area contributed by atoms with Crippen LogP contribution in [-0.2, 0) is 9.59 Å². The van der Waals surface area contributed by atoms with E-state index in [4.69, 9.17) is 5.11 Å². The molecule has 0 aromatic rings. The highest BCUT2D eigenvalue weighted by molar-refractivity contribution is 5.81. The molecule has 14 heavy (non-hydrogen) atoms. The lowest BCUT2D eigenvalue weighted by Gasteiger charge is -2.36. The summed E-state index contributed by atoms with van der Waals surface area (Å²) < 4.78 is 0. The smallest absolute Gasteiger partial charge is 0.311 e. The summed E-state index contributed by atoms with van der Waals surface area (Å²) in [6, 6.07) is 0. The number of carbonyl (C=O) groups is 2. The lowest BCUT2D eigenvalue weighted by atomic mass is 9.87. The SMILES string of the molecule is CC(=O)N1CC2(C(=O)O)CCC1(C)C2. The molecule has 1 aliphatic heterocycles. The van der Waals surface area contributed by atoms with E-state index >= 15 is 0 Å². The Morgan fingerprint density at radius 1 is 1.36 bits per heavy atom. The van der Waals surface area contributed by atoms with Gasteiger partial charge in [0.05, 0.1) is 5.41 Å². The molecule has 0 aromatic carbocycles. The third kappa shape index (κ3) is 0.996. The number of carboxylic acids is 1. The molecule has 2 rings (SSSR count). The number of piperidine rings is 1. The van der Waals surface area contributed by atoms with Crippen LogP contribution in [0.25, 0.3) is 0 Å². The molecule has 2 aliphatic rings. The first-order chi connectivity index (χ1) is 6.40. The van der Waals surface area contributed by atoms with E-state index in [0.717, 1.165) is 6.42 Å². The van der Waals surface area contributed by atoms with Crippen LogP contribution in [-0.4, -0.2) is 34.0 Å². The first kappa shape index (κ1) is 9.49. The van der Waals surface area contributed by atoms with Gasteiger partial charge in [0.1, 0.15) is 0 Å². The van der Waals surface area contributed by atoms with E-state index in [1.807, 2.05) is 6.92 Å². The predicted molar refractivity (Wildman–Crippen MR) is 49.7 cm³/mol. The van der Waals surface area contributed by atoms with Crippen molar-refractivity contribution in [3.05, 3.63) is 0 Å². The largest absolute Gasteiger partial charge is 0.481 e. The third-order valence-electron chi connectivity index (χ3n) is 3.81. The van der Waals surface area contributed by atoms with Crippen LogP contribution in [0.1, 0.15) is 33.1 Å². The van der Waals surface area contributed by atoms with E-state index in [1.54, 1.807) is 4.90 Å². The third-order valence-corrected chi connectivity index (χ3v) is 3.81. The highest BCUT2D eigenvalue weighted by atomic mass is 16.4. The number of rotatable bonds is 1. The quantitative estimate of drug-likeness (QED) is 0.678. The molecule has 78 valence electrons. The zero-order valence-electron chi connectivity index (χ0n) is 8.54. The van der Waals surface area contributed by atoms with Gasteiger partial charge in [-0.1, -0.05) is 0 Å². The Morgan fingerprint density at radius 2 is 2.00 bits per heavy atom. The highest BCUT2D eigenvalue weighted by Crippen LogP contribution is 2.54. The molecule has 1 aliphatic carbocycles. The second kappa shape index (κ2) is 2.49. The van der Waals surface area contributed by atoms with Gasteiger partial charge in [-0.15, -0.1) is 0 Å². The van der Waals surface area contributed by atoms with Crippen molar-refractivity contribution in [2.45, 2.75) is 38.6 Å². The van der Waals surface area contributed by atoms with Crippen LogP contribution >= 0.6 is 0 Å². The van der Waals surface area contributed by atoms with E-state index in [-0.39, 0.29) is 11.4 Å². The number of carboxylic acid groups (broad SMARTS) is 1. The molecule has 1 saturated carbocycles. The normalized spacial score (nSPS) is 40.3. The number of likely N-dealkylation sites (tertiary alicyclic amines) is 1. The molecule has 2 fully saturated rings. The molecule has 2 atom stereocenters. The van der Waals surface area contributed by atoms with Crippen molar-refractivity contribution < 1.29 is 14.7 Å². The fourth-order valence-electron chi connectivity index (χ4n) is 3.01. The van der Waals surface area contributed by atoms with Gasteiger partial charge in [-0.25, -0.2) is 0 Å². The highest BCUT2D eigenvalue weighted by Gasteiger charge is 2.61. The fraction of sp³-hybridized carbons (Fsp3) is 0.800. The Hall–Kier alpha value is -1.06. The lowest BCUT2D eigenvalue weighted by Crippen LogP contribution is -2.46. The predicted octanol–water partition coefficient (Wildman–Crippen LogP) is 0.862. The number of hydrogen-bond donors (Lipinski definition) is 1. The van der Waals surface area contributed by atoms with Crippen molar-refractivity contribution in [3.63, 3.8) is 0 Å². The maximum atomic E-state index is 11.3. The minimum absolute atomic E-state index is 0.00433. The Balaban J connectivity index is 2.32. The van der Waals surface area contributed by atoms with E-state index in [0.29, 0.717) is 19.4 Å². The topological polar surface area (TPSA) is 57.6 Å². The summed E-state index contributed by atoms with van der Waals surface area (Å²) in [6.07, 6.45) is 2.15. The molecular formula is C10H15NO3. The molecule has 4 heteroatoms. The van der Waals surface area contributed by atoms with E-state index in [2.05, 4.69) is 0 Å². The van der Waals surface area contributed by atoms with Crippen molar-refractivity contribution >= 4 is 11.9 Å². The van der Waals surface area contributed by atoms with Crippen LogP contribution in [0.15, 0.2) is 0 Å². The Bertz CT molecular complexity index is 314. The number of hydrogen-bond acceptors (Lipinski definition) is 2. The van der Waals surface area contributed by atoms with Gasteiger partial charge in [0.25, 0.3) is 0 Å². The number of carbonyl (C=O) groups excluding carboxylic acids is 1. The summed E-state index contributed by atoms with van der Waals surface area (Å²) in [7, 11) is 0. The number of nitrogens with zero attached hydrogens (tertiary/aromatic N) is 1. The van der Waals surface area contributed by atoms with Gasteiger partial charge in [-0.2, -0.15) is 0 Å². The van der Waals surface area contributed by atoms with Gasteiger partial charge < -0.3 is 10.0 Å². The molecule has 0 radical (unpaired) electrons. The molecule has 2 bridgehead atoms. The maximum Gasteiger partial charge on any atom is 0.311 e. The van der Waals surface area contributed by atoms with E-state index in [1.165, 1.54) is 6.92 Å². The first-order valence-electron chi connectivity index (χ1n) is 4.91. The molecule has 0 spiro atoms. The second-order valence-corrected chi connectivity index (χ2v) is 4.86. The van der Waals surface area contributed by atoms with Gasteiger partial charge >= 0.3 is 5.97 Å². The summed E-state index contributed by atoms with van der Waals surface area (Å²) in [5.74, 6) is -0.750. The number of amides is 1. The minimum Gasteiger partial charge on any atom is -0.481 e. The molecule has 1 amide bonds. The van der Waals surface area contributed by atoms with Crippen molar-refractivity contribution in [3.8, 4) is 0 Å². The zero-order valence-corrected chi connectivity index (χ0v) is 8.54. The van der Waals surface area contributed by atoms with Crippen LogP contribution in [0.4, 0.5) is 0 Å². The van der Waals surface area contributed by atoms with Crippen molar-refractivity contribution in [1.29, 1.82) is 0 Å². The average molecular weight is 197 g/mol. The van der Waals surface area contributed by atoms with E-state index < -0.39 is 11.4 Å². The first-order valence-corrected chi connectivity index (χ1v) is 4.91. The Kier molecular flexibility index (Phi) is 1.69. The molecule has 1 heterocycles. The van der Waals surface area contributed by atoms with E-state index in [9.17, 15) is 9.59 Å². The van der Waals surface area contributed by atoms with Gasteiger partial charge in [0.2, 0.25) is 5.91 Å². The summed E-state index contributed by atoms with van der Waals surface area (Å²) >= 11 is 0. The van der Waals surface area contributed by atoms with Gasteiger partial charge in [-0.3, -0.25) is 9.59 Å². The molecule has 2 unspecified atom stereocenters. The summed E-state index contributed by atoms with van der Waals surface area (Å²) in [6.45, 7) is 3.90. The Labute approximate surface area is 82.9 Å². The summed E-state index contributed by atoms with van der Waals surface area (Å²) in [4.78, 5) is 24.2. The molecular weight excluding hydrogens is 182 g/mol. The molecule has 0 aromatic heterocycles. The van der Waals surface area contributed by atoms with Crippen molar-refractivity contribution in [2.24, 2.45) is 5.41 Å². The lowest BCUT2D eigenvalue weighted by molar-refractivity contribution is -0.149.